The van der Waals surface area contributed by atoms with Crippen molar-refractivity contribution in [3.05, 3.63) is 63.9 Å². The molecular weight excluding hydrogens is 356 g/mol. The van der Waals surface area contributed by atoms with Crippen molar-refractivity contribution in [2.45, 2.75) is 19.8 Å². The molecule has 0 saturated carbocycles. The van der Waals surface area contributed by atoms with Crippen molar-refractivity contribution in [3.63, 3.8) is 0 Å². The van der Waals surface area contributed by atoms with E-state index >= 15 is 0 Å². The standard InChI is InChI=1S/C22H26N2O2S/c1-18-9-11-21(27-18)20(25)10-12-22(26)24-16-14-23(15-17-24)13-5-8-19-6-3-2-4-7-19/h2-9,11H,10,12-17H2,1H3/b8-5+. The van der Waals surface area contributed by atoms with Crippen LogP contribution in [0.1, 0.15) is 33.0 Å². The van der Waals surface area contributed by atoms with Crippen molar-refractivity contribution >= 4 is 29.1 Å². The van der Waals surface area contributed by atoms with Crippen molar-refractivity contribution in [1.29, 1.82) is 0 Å². The van der Waals surface area contributed by atoms with Gasteiger partial charge in [0.15, 0.2) is 5.78 Å². The zero-order chi connectivity index (χ0) is 19.1. The molecule has 0 radical (unpaired) electrons. The molecule has 1 aliphatic heterocycles. The number of ketones is 1. The molecule has 0 unspecified atom stereocenters. The molecular formula is C22H26N2O2S. The molecule has 1 aliphatic rings. The number of aryl methyl sites for hydroxylation is 1. The van der Waals surface area contributed by atoms with Gasteiger partial charge in [-0.2, -0.15) is 0 Å². The first-order chi connectivity index (χ1) is 13.1. The first-order valence-corrected chi connectivity index (χ1v) is 10.2. The molecule has 0 bridgehead atoms. The van der Waals surface area contributed by atoms with Crippen LogP contribution >= 0.6 is 11.3 Å². The van der Waals surface area contributed by atoms with E-state index in [0.717, 1.165) is 42.5 Å². The van der Waals surface area contributed by atoms with Gasteiger partial charge in [-0.25, -0.2) is 0 Å². The molecule has 1 aromatic carbocycles. The molecule has 27 heavy (non-hydrogen) atoms. The van der Waals surface area contributed by atoms with Crippen LogP contribution in [0.25, 0.3) is 6.08 Å². The number of Topliss-reactive ketones (excluding diaryl/α,β-unsaturated/α-hetero) is 1. The maximum Gasteiger partial charge on any atom is 0.223 e. The first-order valence-electron chi connectivity index (χ1n) is 9.43. The number of amides is 1. The Morgan fingerprint density at radius 1 is 1.00 bits per heavy atom. The van der Waals surface area contributed by atoms with Gasteiger partial charge in [-0.3, -0.25) is 14.5 Å². The quantitative estimate of drug-likeness (QED) is 0.683. The van der Waals surface area contributed by atoms with Gasteiger partial charge in [0.1, 0.15) is 0 Å². The summed E-state index contributed by atoms with van der Waals surface area (Å²) >= 11 is 1.50. The number of benzene rings is 1. The summed E-state index contributed by atoms with van der Waals surface area (Å²) in [6, 6.07) is 14.1. The summed E-state index contributed by atoms with van der Waals surface area (Å²) in [4.78, 5) is 30.7. The molecule has 0 aliphatic carbocycles. The molecule has 142 valence electrons. The van der Waals surface area contributed by atoms with E-state index in [1.807, 2.05) is 42.2 Å². The lowest BCUT2D eigenvalue weighted by Gasteiger charge is -2.34. The average Bonchev–Trinajstić information content (AvgIpc) is 3.14. The van der Waals surface area contributed by atoms with E-state index in [-0.39, 0.29) is 11.7 Å². The lowest BCUT2D eigenvalue weighted by Crippen LogP contribution is -2.48. The zero-order valence-electron chi connectivity index (χ0n) is 15.8. The zero-order valence-corrected chi connectivity index (χ0v) is 16.6. The SMILES string of the molecule is Cc1ccc(C(=O)CCC(=O)N2CCN(C/C=C/c3ccccc3)CC2)s1. The van der Waals surface area contributed by atoms with Crippen LogP contribution in [0.5, 0.6) is 0 Å². The van der Waals surface area contributed by atoms with Gasteiger partial charge in [0.2, 0.25) is 5.91 Å². The largest absolute Gasteiger partial charge is 0.340 e. The summed E-state index contributed by atoms with van der Waals surface area (Å²) < 4.78 is 0. The highest BCUT2D eigenvalue weighted by molar-refractivity contribution is 7.14. The summed E-state index contributed by atoms with van der Waals surface area (Å²) in [7, 11) is 0. The molecule has 3 rings (SSSR count). The Bertz CT molecular complexity index is 790. The second kappa shape index (κ2) is 9.62. The highest BCUT2D eigenvalue weighted by atomic mass is 32.1. The van der Waals surface area contributed by atoms with Gasteiger partial charge in [0.05, 0.1) is 4.88 Å². The third kappa shape index (κ3) is 5.88. The predicted molar refractivity (Wildman–Crippen MR) is 111 cm³/mol. The normalized spacial score (nSPS) is 15.4. The van der Waals surface area contributed by atoms with Gasteiger partial charge >= 0.3 is 0 Å². The van der Waals surface area contributed by atoms with Gasteiger partial charge in [0.25, 0.3) is 0 Å². The van der Waals surface area contributed by atoms with E-state index in [9.17, 15) is 9.59 Å². The molecule has 0 atom stereocenters. The second-order valence-corrected chi connectivity index (χ2v) is 8.12. The number of rotatable bonds is 7. The van der Waals surface area contributed by atoms with Crippen LogP contribution in [0.3, 0.4) is 0 Å². The van der Waals surface area contributed by atoms with Crippen molar-refractivity contribution < 1.29 is 9.59 Å². The summed E-state index contributed by atoms with van der Waals surface area (Å²) in [5, 5.41) is 0. The fourth-order valence-electron chi connectivity index (χ4n) is 3.17. The highest BCUT2D eigenvalue weighted by Crippen LogP contribution is 2.18. The van der Waals surface area contributed by atoms with Gasteiger partial charge in [0, 0.05) is 50.4 Å². The van der Waals surface area contributed by atoms with Crippen molar-refractivity contribution in [3.8, 4) is 0 Å². The molecule has 4 nitrogen and oxygen atoms in total. The van der Waals surface area contributed by atoms with E-state index in [1.165, 1.54) is 16.9 Å². The van der Waals surface area contributed by atoms with Crippen LogP contribution in [0.2, 0.25) is 0 Å². The third-order valence-electron chi connectivity index (χ3n) is 4.78. The van der Waals surface area contributed by atoms with E-state index in [2.05, 4.69) is 29.2 Å². The van der Waals surface area contributed by atoms with Gasteiger partial charge in [-0.1, -0.05) is 42.5 Å². The fraction of sp³-hybridized carbons (Fsp3) is 0.364. The van der Waals surface area contributed by atoms with Crippen LogP contribution in [-0.2, 0) is 4.79 Å². The highest BCUT2D eigenvalue weighted by Gasteiger charge is 2.21. The number of carbonyl (C=O) groups is 2. The van der Waals surface area contributed by atoms with E-state index in [4.69, 9.17) is 0 Å². The minimum atomic E-state index is 0.0751. The number of hydrogen-bond donors (Lipinski definition) is 0. The first kappa shape index (κ1) is 19.5. The number of carbonyl (C=O) groups excluding carboxylic acids is 2. The predicted octanol–water partition coefficient (Wildman–Crippen LogP) is 3.88. The second-order valence-electron chi connectivity index (χ2n) is 6.83. The molecule has 1 fully saturated rings. The number of thiophene rings is 1. The molecule has 1 amide bonds. The maximum atomic E-state index is 12.4. The lowest BCUT2D eigenvalue weighted by molar-refractivity contribution is -0.132. The summed E-state index contributed by atoms with van der Waals surface area (Å²) in [6.07, 6.45) is 4.92. The minimum absolute atomic E-state index is 0.0751. The fourth-order valence-corrected chi connectivity index (χ4v) is 4.00. The van der Waals surface area contributed by atoms with Crippen molar-refractivity contribution in [2.24, 2.45) is 0 Å². The molecule has 2 aromatic rings. The van der Waals surface area contributed by atoms with Gasteiger partial charge in [-0.15, -0.1) is 11.3 Å². The summed E-state index contributed by atoms with van der Waals surface area (Å²) in [5.74, 6) is 0.169. The van der Waals surface area contributed by atoms with Crippen LogP contribution in [0.15, 0.2) is 48.5 Å². The lowest BCUT2D eigenvalue weighted by atomic mass is 10.1. The molecule has 0 spiro atoms. The third-order valence-corrected chi connectivity index (χ3v) is 5.82. The Morgan fingerprint density at radius 2 is 1.74 bits per heavy atom. The van der Waals surface area contributed by atoms with E-state index < -0.39 is 0 Å². The van der Waals surface area contributed by atoms with Crippen molar-refractivity contribution in [2.75, 3.05) is 32.7 Å². The minimum Gasteiger partial charge on any atom is -0.340 e. The Kier molecular flexibility index (Phi) is 6.96. The molecule has 2 heterocycles. The number of piperazine rings is 1. The number of hydrogen-bond acceptors (Lipinski definition) is 4. The molecule has 1 aromatic heterocycles. The van der Waals surface area contributed by atoms with Gasteiger partial charge in [-0.05, 0) is 24.6 Å². The Morgan fingerprint density at radius 3 is 2.41 bits per heavy atom. The monoisotopic (exact) mass is 382 g/mol. The topological polar surface area (TPSA) is 40.6 Å². The van der Waals surface area contributed by atoms with Crippen LogP contribution in [0.4, 0.5) is 0 Å². The van der Waals surface area contributed by atoms with E-state index in [0.29, 0.717) is 12.8 Å². The maximum absolute atomic E-state index is 12.4. The van der Waals surface area contributed by atoms with Crippen LogP contribution in [0, 0.1) is 6.92 Å². The smallest absolute Gasteiger partial charge is 0.223 e. The average molecular weight is 383 g/mol. The summed E-state index contributed by atoms with van der Waals surface area (Å²) in [5.41, 5.74) is 1.21. The van der Waals surface area contributed by atoms with Gasteiger partial charge < -0.3 is 4.90 Å². The molecule has 5 heteroatoms. The Balaban J connectivity index is 1.37. The summed E-state index contributed by atoms with van der Waals surface area (Å²) in [6.45, 7) is 6.12. The Labute approximate surface area is 165 Å². The van der Waals surface area contributed by atoms with Crippen molar-refractivity contribution in [1.82, 2.24) is 9.80 Å². The van der Waals surface area contributed by atoms with E-state index in [1.54, 1.807) is 0 Å². The molecule has 1 saturated heterocycles. The number of nitrogens with zero attached hydrogens (tertiary/aromatic N) is 2. The Hall–Kier alpha value is -2.24. The van der Waals surface area contributed by atoms with Crippen LogP contribution in [-0.4, -0.2) is 54.2 Å². The van der Waals surface area contributed by atoms with Crippen LogP contribution < -0.4 is 0 Å². The molecule has 0 N–H and O–H groups in total.